The second-order valence-electron chi connectivity index (χ2n) is 5.20. The van der Waals surface area contributed by atoms with Gasteiger partial charge in [-0.3, -0.25) is 20.2 Å². The Morgan fingerprint density at radius 1 is 0.962 bits per heavy atom. The summed E-state index contributed by atoms with van der Waals surface area (Å²) in [6.45, 7) is 0. The number of hydrogen-bond acceptors (Lipinski definition) is 7. The van der Waals surface area contributed by atoms with Crippen molar-refractivity contribution in [2.45, 2.75) is 0 Å². The number of H-pyrrole nitrogens is 1. The normalized spacial score (nSPS) is 11.3. The zero-order valence-electron chi connectivity index (χ0n) is 13.1. The maximum absolute atomic E-state index is 10.7. The minimum atomic E-state index is -0.529. The van der Waals surface area contributed by atoms with Crippen molar-refractivity contribution >= 4 is 17.1 Å². The number of oxime groups is 1. The quantitative estimate of drug-likeness (QED) is 0.311. The van der Waals surface area contributed by atoms with Gasteiger partial charge in [0.05, 0.1) is 21.7 Å². The van der Waals surface area contributed by atoms with Crippen molar-refractivity contribution in [1.82, 2.24) is 9.97 Å². The third-order valence-electron chi connectivity index (χ3n) is 3.64. The van der Waals surface area contributed by atoms with E-state index in [4.69, 9.17) is 0 Å². The van der Waals surface area contributed by atoms with Crippen molar-refractivity contribution in [2.24, 2.45) is 5.16 Å². The third kappa shape index (κ3) is 3.24. The summed E-state index contributed by atoms with van der Waals surface area (Å²) in [6.07, 6.45) is 1.49. The van der Waals surface area contributed by atoms with Crippen LogP contribution in [0.15, 0.2) is 59.9 Å². The third-order valence-corrected chi connectivity index (χ3v) is 3.64. The van der Waals surface area contributed by atoms with Crippen molar-refractivity contribution < 1.29 is 15.1 Å². The summed E-state index contributed by atoms with van der Waals surface area (Å²) in [6, 6.07) is 11.3. The Bertz CT molecular complexity index is 993. The number of nitrogens with one attached hydrogen (secondary N) is 1. The first kappa shape index (κ1) is 16.8. The van der Waals surface area contributed by atoms with Gasteiger partial charge in [-0.05, 0) is 24.3 Å². The Morgan fingerprint density at radius 3 is 2.00 bits per heavy atom. The zero-order valence-corrected chi connectivity index (χ0v) is 13.1. The molecule has 0 saturated heterocycles. The average Bonchev–Trinajstić information content (AvgIpc) is 3.12. The molecule has 0 amide bonds. The van der Waals surface area contributed by atoms with E-state index in [2.05, 4.69) is 15.1 Å². The van der Waals surface area contributed by atoms with Gasteiger partial charge in [-0.15, -0.1) is 0 Å². The molecule has 0 saturated carbocycles. The summed E-state index contributed by atoms with van der Waals surface area (Å²) in [5.41, 5.74) is 1.65. The molecule has 0 aliphatic carbocycles. The summed E-state index contributed by atoms with van der Waals surface area (Å²) in [5, 5.41) is 33.9. The molecule has 3 rings (SSSR count). The van der Waals surface area contributed by atoms with Crippen molar-refractivity contribution in [1.29, 1.82) is 0 Å². The van der Waals surface area contributed by atoms with E-state index in [1.165, 1.54) is 42.6 Å². The van der Waals surface area contributed by atoms with Crippen LogP contribution in [-0.4, -0.2) is 30.7 Å². The van der Waals surface area contributed by atoms with E-state index >= 15 is 0 Å². The van der Waals surface area contributed by atoms with Gasteiger partial charge < -0.3 is 10.2 Å². The fourth-order valence-corrected chi connectivity index (χ4v) is 2.33. The van der Waals surface area contributed by atoms with E-state index in [9.17, 15) is 25.4 Å². The molecule has 0 bridgehead atoms. The Morgan fingerprint density at radius 2 is 1.50 bits per heavy atom. The van der Waals surface area contributed by atoms with Crippen molar-refractivity contribution in [3.8, 4) is 11.3 Å². The lowest BCUT2D eigenvalue weighted by molar-refractivity contribution is -0.385. The highest BCUT2D eigenvalue weighted by Gasteiger charge is 2.15. The predicted molar refractivity (Wildman–Crippen MR) is 91.2 cm³/mol. The molecule has 26 heavy (non-hydrogen) atoms. The van der Waals surface area contributed by atoms with Crippen LogP contribution in [0.3, 0.4) is 0 Å². The summed E-state index contributed by atoms with van der Waals surface area (Å²) in [4.78, 5) is 27.5. The predicted octanol–water partition coefficient (Wildman–Crippen LogP) is 3.12. The van der Waals surface area contributed by atoms with Crippen LogP contribution in [0.25, 0.3) is 11.3 Å². The van der Waals surface area contributed by atoms with Crippen molar-refractivity contribution in [2.75, 3.05) is 0 Å². The summed E-state index contributed by atoms with van der Waals surface area (Å²) < 4.78 is 0. The molecule has 3 aromatic rings. The van der Waals surface area contributed by atoms with Crippen molar-refractivity contribution in [3.63, 3.8) is 0 Å². The number of aromatic nitrogens is 2. The van der Waals surface area contributed by atoms with Crippen LogP contribution in [0.4, 0.5) is 11.4 Å². The van der Waals surface area contributed by atoms with Gasteiger partial charge in [0.25, 0.3) is 11.4 Å². The molecule has 2 aromatic carbocycles. The lowest BCUT2D eigenvalue weighted by atomic mass is 10.1. The van der Waals surface area contributed by atoms with Crippen LogP contribution < -0.4 is 0 Å². The number of hydrogen-bond donors (Lipinski definition) is 2. The number of benzene rings is 2. The minimum absolute atomic E-state index is 0.0306. The van der Waals surface area contributed by atoms with E-state index in [0.29, 0.717) is 16.8 Å². The molecular weight excluding hydrogens is 342 g/mol. The Labute approximate surface area is 145 Å². The summed E-state index contributed by atoms with van der Waals surface area (Å²) in [7, 11) is 0. The molecule has 10 heteroatoms. The molecule has 0 aliphatic heterocycles. The first-order chi connectivity index (χ1) is 12.5. The van der Waals surface area contributed by atoms with Gasteiger partial charge in [-0.1, -0.05) is 5.16 Å². The van der Waals surface area contributed by atoms with Gasteiger partial charge in [0, 0.05) is 35.4 Å². The molecule has 2 N–H and O–H groups in total. The fourth-order valence-electron chi connectivity index (χ4n) is 2.33. The SMILES string of the molecule is O=[N+]([O-])c1ccc(/C(=N\O)c2ncc(-c3ccc([N+](=O)[O-])cc3)[nH]2)cc1. The standard InChI is InChI=1S/C16H11N5O5/c22-19-15(11-3-7-13(8-4-11)21(25)26)16-17-9-14(18-16)10-1-5-12(6-2-10)20(23)24/h1-9,22H,(H,17,18)/b19-15+. The zero-order chi connectivity index (χ0) is 18.7. The van der Waals surface area contributed by atoms with E-state index in [0.717, 1.165) is 0 Å². The summed E-state index contributed by atoms with van der Waals surface area (Å²) >= 11 is 0. The smallest absolute Gasteiger partial charge is 0.269 e. The highest BCUT2D eigenvalue weighted by atomic mass is 16.6. The number of nitrogens with zero attached hydrogens (tertiary/aromatic N) is 4. The Balaban J connectivity index is 1.89. The van der Waals surface area contributed by atoms with Gasteiger partial charge in [0.1, 0.15) is 0 Å². The largest absolute Gasteiger partial charge is 0.410 e. The first-order valence-electron chi connectivity index (χ1n) is 7.26. The molecule has 1 aromatic heterocycles. The maximum Gasteiger partial charge on any atom is 0.269 e. The molecule has 10 nitrogen and oxygen atoms in total. The van der Waals surface area contributed by atoms with Crippen molar-refractivity contribution in [3.05, 3.63) is 86.3 Å². The van der Waals surface area contributed by atoms with Crippen LogP contribution in [0.5, 0.6) is 0 Å². The lowest BCUT2D eigenvalue weighted by Crippen LogP contribution is -2.06. The van der Waals surface area contributed by atoms with Gasteiger partial charge in [0.15, 0.2) is 11.5 Å². The van der Waals surface area contributed by atoms with Gasteiger partial charge in [-0.2, -0.15) is 0 Å². The molecular formula is C16H11N5O5. The molecule has 0 radical (unpaired) electrons. The highest BCUT2D eigenvalue weighted by molar-refractivity contribution is 6.10. The fraction of sp³-hybridized carbons (Fsp3) is 0. The molecule has 0 aliphatic rings. The van der Waals surface area contributed by atoms with Crippen LogP contribution >= 0.6 is 0 Å². The number of non-ortho nitro benzene ring substituents is 2. The van der Waals surface area contributed by atoms with Crippen LogP contribution in [0.2, 0.25) is 0 Å². The Hall–Kier alpha value is -4.08. The second-order valence-corrected chi connectivity index (χ2v) is 5.20. The number of rotatable bonds is 5. The van der Waals surface area contributed by atoms with E-state index < -0.39 is 9.85 Å². The highest BCUT2D eigenvalue weighted by Crippen LogP contribution is 2.22. The molecule has 0 unspecified atom stereocenters. The van der Waals surface area contributed by atoms with Gasteiger partial charge in [0.2, 0.25) is 0 Å². The molecule has 130 valence electrons. The lowest BCUT2D eigenvalue weighted by Gasteiger charge is -2.02. The van der Waals surface area contributed by atoms with Gasteiger partial charge >= 0.3 is 0 Å². The molecule has 0 spiro atoms. The Kier molecular flexibility index (Phi) is 4.39. The monoisotopic (exact) mass is 353 g/mol. The average molecular weight is 353 g/mol. The number of aromatic amines is 1. The first-order valence-corrected chi connectivity index (χ1v) is 7.26. The topological polar surface area (TPSA) is 148 Å². The van der Waals surface area contributed by atoms with Crippen LogP contribution in [0.1, 0.15) is 11.4 Å². The number of nitro benzene ring substituents is 2. The minimum Gasteiger partial charge on any atom is -0.410 e. The number of imidazole rings is 1. The van der Waals surface area contributed by atoms with Crippen LogP contribution in [-0.2, 0) is 0 Å². The van der Waals surface area contributed by atoms with E-state index in [1.54, 1.807) is 12.1 Å². The second kappa shape index (κ2) is 6.81. The van der Waals surface area contributed by atoms with E-state index in [-0.39, 0.29) is 22.9 Å². The van der Waals surface area contributed by atoms with E-state index in [1.807, 2.05) is 0 Å². The molecule has 1 heterocycles. The maximum atomic E-state index is 10.7. The summed E-state index contributed by atoms with van der Waals surface area (Å²) in [5.74, 6) is 0.245. The molecule has 0 fully saturated rings. The van der Waals surface area contributed by atoms with Crippen LogP contribution in [0, 0.1) is 20.2 Å². The molecule has 0 atom stereocenters. The van der Waals surface area contributed by atoms with Gasteiger partial charge in [-0.25, -0.2) is 4.98 Å². The number of nitro groups is 2.